The molecule has 3 heterocycles. The van der Waals surface area contributed by atoms with E-state index < -0.39 is 6.04 Å². The van der Waals surface area contributed by atoms with Gasteiger partial charge in [0.05, 0.1) is 22.5 Å². The maximum Gasteiger partial charge on any atom is 0.269 e. The highest BCUT2D eigenvalue weighted by Gasteiger charge is 2.41. The number of fused-ring (bicyclic) bond motifs is 1. The van der Waals surface area contributed by atoms with Crippen molar-refractivity contribution in [3.63, 3.8) is 0 Å². The minimum absolute atomic E-state index is 0.0620. The number of nitrogens with zero attached hydrogens (tertiary/aromatic N) is 1. The average Bonchev–Trinajstić information content (AvgIpc) is 3.39. The molecule has 0 unspecified atom stereocenters. The molecule has 0 radical (unpaired) electrons. The molecule has 5 nitrogen and oxygen atoms in total. The highest BCUT2D eigenvalue weighted by atomic mass is 32.1. The molecule has 1 aliphatic heterocycles. The summed E-state index contributed by atoms with van der Waals surface area (Å²) in [5.41, 5.74) is 3.07. The second-order valence-electron chi connectivity index (χ2n) is 6.88. The lowest BCUT2D eigenvalue weighted by Crippen LogP contribution is -2.37. The Hall–Kier alpha value is -3.12. The molecule has 0 bridgehead atoms. The lowest BCUT2D eigenvalue weighted by atomic mass is 9.88. The zero-order chi connectivity index (χ0) is 19.1. The van der Waals surface area contributed by atoms with Crippen molar-refractivity contribution in [3.05, 3.63) is 82.1 Å². The molecule has 5 rings (SSSR count). The standard InChI is InChI=1S/C22H18N2O3S/c25-17-9-3-7-15-20(17)21(18-10-4-12-27-18)24(22(26)19-11-5-13-28-19)16-8-2-1-6-14(16)23-15/h1-2,4-6,8,10-13,21,23H,3,7,9H2/t21-/m0/s1. The summed E-state index contributed by atoms with van der Waals surface area (Å²) in [5, 5.41) is 5.32. The largest absolute Gasteiger partial charge is 0.467 e. The van der Waals surface area contributed by atoms with E-state index in [0.29, 0.717) is 22.6 Å². The average molecular weight is 390 g/mol. The van der Waals surface area contributed by atoms with Gasteiger partial charge >= 0.3 is 0 Å². The number of anilines is 2. The number of hydrogen-bond acceptors (Lipinski definition) is 5. The van der Waals surface area contributed by atoms with Gasteiger partial charge in [-0.15, -0.1) is 11.3 Å². The van der Waals surface area contributed by atoms with Crippen LogP contribution in [-0.4, -0.2) is 11.7 Å². The van der Waals surface area contributed by atoms with Crippen molar-refractivity contribution < 1.29 is 14.0 Å². The first kappa shape index (κ1) is 17.0. The fourth-order valence-corrected chi connectivity index (χ4v) is 4.65. The van der Waals surface area contributed by atoms with Gasteiger partial charge in [-0.3, -0.25) is 14.5 Å². The molecule has 0 saturated carbocycles. The topological polar surface area (TPSA) is 62.6 Å². The van der Waals surface area contributed by atoms with Gasteiger partial charge in [0.2, 0.25) is 0 Å². The summed E-state index contributed by atoms with van der Waals surface area (Å²) < 4.78 is 5.73. The van der Waals surface area contributed by atoms with E-state index in [0.717, 1.165) is 29.9 Å². The fourth-order valence-electron chi connectivity index (χ4n) is 3.99. The number of amides is 1. The molecule has 3 aromatic rings. The number of carbonyl (C=O) groups is 2. The van der Waals surface area contributed by atoms with Crippen molar-refractivity contribution in [2.45, 2.75) is 25.3 Å². The van der Waals surface area contributed by atoms with Crippen molar-refractivity contribution in [1.29, 1.82) is 0 Å². The van der Waals surface area contributed by atoms with E-state index >= 15 is 0 Å². The normalized spacial score (nSPS) is 18.9. The van der Waals surface area contributed by atoms with Crippen LogP contribution in [0.2, 0.25) is 0 Å². The fraction of sp³-hybridized carbons (Fsp3) is 0.182. The van der Waals surface area contributed by atoms with Gasteiger partial charge in [-0.2, -0.15) is 0 Å². The Kier molecular flexibility index (Phi) is 4.13. The van der Waals surface area contributed by atoms with Crippen LogP contribution in [0.15, 0.2) is 75.9 Å². The lowest BCUT2D eigenvalue weighted by molar-refractivity contribution is -0.116. The van der Waals surface area contributed by atoms with Gasteiger partial charge in [-0.1, -0.05) is 18.2 Å². The highest BCUT2D eigenvalue weighted by Crippen LogP contribution is 2.45. The summed E-state index contributed by atoms with van der Waals surface area (Å²) in [6.45, 7) is 0. The molecule has 1 aromatic carbocycles. The first-order valence-corrected chi connectivity index (χ1v) is 10.1. The van der Waals surface area contributed by atoms with E-state index in [1.165, 1.54) is 11.3 Å². The number of carbonyl (C=O) groups excluding carboxylic acids is 2. The van der Waals surface area contributed by atoms with Crippen molar-refractivity contribution in [2.75, 3.05) is 10.2 Å². The molecule has 0 spiro atoms. The molecular formula is C22H18N2O3S. The Morgan fingerprint density at radius 3 is 2.79 bits per heavy atom. The lowest BCUT2D eigenvalue weighted by Gasteiger charge is -2.31. The number of furan rings is 1. The Bertz CT molecular complexity index is 1070. The van der Waals surface area contributed by atoms with Crippen LogP contribution in [0.3, 0.4) is 0 Å². The number of allylic oxidation sites excluding steroid dienone is 1. The summed E-state index contributed by atoms with van der Waals surface area (Å²) in [4.78, 5) is 28.9. The van der Waals surface area contributed by atoms with Gasteiger partial charge in [-0.25, -0.2) is 0 Å². The van der Waals surface area contributed by atoms with E-state index in [4.69, 9.17) is 4.42 Å². The zero-order valence-corrected chi connectivity index (χ0v) is 15.9. The third kappa shape index (κ3) is 2.68. The molecule has 140 valence electrons. The maximum atomic E-state index is 13.6. The van der Waals surface area contributed by atoms with Crippen molar-refractivity contribution >= 4 is 34.4 Å². The van der Waals surface area contributed by atoms with Crippen LogP contribution >= 0.6 is 11.3 Å². The van der Waals surface area contributed by atoms with Crippen LogP contribution in [0.1, 0.15) is 40.7 Å². The SMILES string of the molecule is O=C1CCCC2=C1[C@H](c1ccco1)N(C(=O)c1cccs1)c1ccccc1N2. The number of nitrogens with one attached hydrogen (secondary N) is 1. The molecule has 1 aliphatic carbocycles. The smallest absolute Gasteiger partial charge is 0.269 e. The number of benzene rings is 1. The molecule has 2 aromatic heterocycles. The molecule has 1 atom stereocenters. The van der Waals surface area contributed by atoms with Crippen LogP contribution in [0.25, 0.3) is 0 Å². The quantitative estimate of drug-likeness (QED) is 0.656. The minimum atomic E-state index is -0.594. The molecule has 0 fully saturated rings. The second-order valence-corrected chi connectivity index (χ2v) is 7.83. The molecule has 0 saturated heterocycles. The highest BCUT2D eigenvalue weighted by molar-refractivity contribution is 7.12. The van der Waals surface area contributed by atoms with E-state index in [1.54, 1.807) is 17.2 Å². The van der Waals surface area contributed by atoms with E-state index in [1.807, 2.05) is 47.8 Å². The summed E-state index contributed by atoms with van der Waals surface area (Å²) in [5.74, 6) is 0.510. The minimum Gasteiger partial charge on any atom is -0.467 e. The van der Waals surface area contributed by atoms with E-state index in [2.05, 4.69) is 5.32 Å². The molecule has 1 N–H and O–H groups in total. The first-order valence-electron chi connectivity index (χ1n) is 9.27. The number of ketones is 1. The number of thiophene rings is 1. The van der Waals surface area contributed by atoms with Gasteiger partial charge in [-0.05, 0) is 48.6 Å². The zero-order valence-electron chi connectivity index (χ0n) is 15.1. The van der Waals surface area contributed by atoms with Crippen molar-refractivity contribution in [2.24, 2.45) is 0 Å². The van der Waals surface area contributed by atoms with E-state index in [-0.39, 0.29) is 11.7 Å². The van der Waals surface area contributed by atoms with Gasteiger partial charge in [0.25, 0.3) is 5.91 Å². The predicted molar refractivity (Wildman–Crippen MR) is 109 cm³/mol. The van der Waals surface area contributed by atoms with Gasteiger partial charge in [0.1, 0.15) is 11.8 Å². The third-order valence-electron chi connectivity index (χ3n) is 5.20. The Morgan fingerprint density at radius 2 is 2.00 bits per heavy atom. The van der Waals surface area contributed by atoms with Gasteiger partial charge in [0.15, 0.2) is 5.78 Å². The summed E-state index contributed by atoms with van der Waals surface area (Å²) >= 11 is 1.39. The van der Waals surface area contributed by atoms with Crippen molar-refractivity contribution in [3.8, 4) is 0 Å². The van der Waals surface area contributed by atoms with Crippen LogP contribution in [0, 0.1) is 0 Å². The number of para-hydroxylation sites is 2. The summed E-state index contributed by atoms with van der Waals surface area (Å²) in [6.07, 6.45) is 3.64. The molecule has 28 heavy (non-hydrogen) atoms. The first-order chi connectivity index (χ1) is 13.7. The second kappa shape index (κ2) is 6.80. The van der Waals surface area contributed by atoms with Gasteiger partial charge < -0.3 is 9.73 Å². The Labute approximate surface area is 166 Å². The van der Waals surface area contributed by atoms with Crippen molar-refractivity contribution in [1.82, 2.24) is 0 Å². The number of rotatable bonds is 2. The monoisotopic (exact) mass is 390 g/mol. The van der Waals surface area contributed by atoms with E-state index in [9.17, 15) is 9.59 Å². The summed E-state index contributed by atoms with van der Waals surface area (Å²) in [6, 6.07) is 14.4. The van der Waals surface area contributed by atoms with Crippen LogP contribution in [-0.2, 0) is 4.79 Å². The Morgan fingerprint density at radius 1 is 1.11 bits per heavy atom. The van der Waals surface area contributed by atoms with Crippen LogP contribution < -0.4 is 10.2 Å². The molecule has 1 amide bonds. The Balaban J connectivity index is 1.78. The third-order valence-corrected chi connectivity index (χ3v) is 6.06. The molecular weight excluding hydrogens is 372 g/mol. The number of Topliss-reactive ketones (excluding diaryl/α,β-unsaturated/α-hetero) is 1. The predicted octanol–water partition coefficient (Wildman–Crippen LogP) is 5.16. The van der Waals surface area contributed by atoms with Crippen LogP contribution in [0.4, 0.5) is 11.4 Å². The maximum absolute atomic E-state index is 13.6. The molecule has 2 aliphatic rings. The number of hydrogen-bond donors (Lipinski definition) is 1. The summed E-state index contributed by atoms with van der Waals surface area (Å²) in [7, 11) is 0. The molecule has 6 heteroatoms. The van der Waals surface area contributed by atoms with Crippen LogP contribution in [0.5, 0.6) is 0 Å². The van der Waals surface area contributed by atoms with Gasteiger partial charge in [0, 0.05) is 17.7 Å².